The Morgan fingerprint density at radius 3 is 2.75 bits per heavy atom. The molecule has 2 heterocycles. The van der Waals surface area contributed by atoms with Crippen LogP contribution in [0.1, 0.15) is 26.7 Å². The van der Waals surface area contributed by atoms with Crippen LogP contribution in [0, 0.1) is 5.41 Å². The van der Waals surface area contributed by atoms with E-state index < -0.39 is 12.1 Å². The molecular formula is C13H21N3O4. The second-order valence-corrected chi connectivity index (χ2v) is 6.34. The molecule has 0 radical (unpaired) electrons. The van der Waals surface area contributed by atoms with Gasteiger partial charge in [0.05, 0.1) is 6.10 Å². The third kappa shape index (κ3) is 3.47. The summed E-state index contributed by atoms with van der Waals surface area (Å²) in [6, 6.07) is -0.516. The number of carbonyl (C=O) groups excluding carboxylic acids is 3. The van der Waals surface area contributed by atoms with Crippen LogP contribution < -0.4 is 5.32 Å². The highest BCUT2D eigenvalue weighted by molar-refractivity contribution is 6.03. The fourth-order valence-corrected chi connectivity index (χ4v) is 2.79. The van der Waals surface area contributed by atoms with Crippen molar-refractivity contribution in [2.75, 3.05) is 26.2 Å². The minimum absolute atomic E-state index is 0.0650. The zero-order valence-corrected chi connectivity index (χ0v) is 11.9. The lowest BCUT2D eigenvalue weighted by Crippen LogP contribution is -2.44. The maximum absolute atomic E-state index is 12.3. The molecule has 7 nitrogen and oxygen atoms in total. The molecule has 20 heavy (non-hydrogen) atoms. The van der Waals surface area contributed by atoms with E-state index in [-0.39, 0.29) is 30.3 Å². The van der Waals surface area contributed by atoms with E-state index in [1.807, 2.05) is 13.8 Å². The Labute approximate surface area is 117 Å². The molecule has 2 fully saturated rings. The van der Waals surface area contributed by atoms with E-state index in [2.05, 4.69) is 5.32 Å². The Balaban J connectivity index is 1.98. The number of nitrogens with one attached hydrogen (secondary N) is 1. The van der Waals surface area contributed by atoms with Crippen molar-refractivity contribution in [3.8, 4) is 0 Å². The number of hydrogen-bond donors (Lipinski definition) is 2. The molecule has 2 rings (SSSR count). The van der Waals surface area contributed by atoms with Gasteiger partial charge in [0.15, 0.2) is 0 Å². The Morgan fingerprint density at radius 2 is 2.15 bits per heavy atom. The average Bonchev–Trinajstić information content (AvgIpc) is 2.53. The number of amides is 4. The second-order valence-electron chi connectivity index (χ2n) is 6.34. The highest BCUT2D eigenvalue weighted by Gasteiger charge is 2.34. The maximum atomic E-state index is 12.3. The highest BCUT2D eigenvalue weighted by Crippen LogP contribution is 2.28. The first-order chi connectivity index (χ1) is 9.27. The van der Waals surface area contributed by atoms with Gasteiger partial charge in [-0.1, -0.05) is 13.8 Å². The molecule has 112 valence electrons. The van der Waals surface area contributed by atoms with Crippen molar-refractivity contribution in [1.82, 2.24) is 15.1 Å². The summed E-state index contributed by atoms with van der Waals surface area (Å²) in [7, 11) is 0. The molecule has 0 unspecified atom stereocenters. The molecule has 0 aromatic carbocycles. The van der Waals surface area contributed by atoms with Gasteiger partial charge in [-0.2, -0.15) is 0 Å². The van der Waals surface area contributed by atoms with E-state index in [0.717, 1.165) is 0 Å². The monoisotopic (exact) mass is 283 g/mol. The lowest BCUT2D eigenvalue weighted by atomic mass is 9.87. The number of urea groups is 1. The Hall–Kier alpha value is -1.63. The highest BCUT2D eigenvalue weighted by atomic mass is 16.3. The normalized spacial score (nSPS) is 26.4. The third-order valence-corrected chi connectivity index (χ3v) is 3.69. The van der Waals surface area contributed by atoms with E-state index in [1.165, 1.54) is 4.90 Å². The summed E-state index contributed by atoms with van der Waals surface area (Å²) < 4.78 is 0. The Kier molecular flexibility index (Phi) is 3.99. The molecule has 0 spiro atoms. The number of carbonyl (C=O) groups is 3. The molecule has 0 aromatic rings. The predicted octanol–water partition coefficient (Wildman–Crippen LogP) is -0.452. The fraction of sp³-hybridized carbons (Fsp3) is 0.769. The molecule has 0 aliphatic carbocycles. The van der Waals surface area contributed by atoms with Crippen LogP contribution >= 0.6 is 0 Å². The van der Waals surface area contributed by atoms with Gasteiger partial charge >= 0.3 is 6.03 Å². The van der Waals surface area contributed by atoms with E-state index in [1.54, 1.807) is 4.90 Å². The lowest BCUT2D eigenvalue weighted by Gasteiger charge is -2.30. The zero-order chi connectivity index (χ0) is 14.9. The topological polar surface area (TPSA) is 89.9 Å². The molecule has 4 amide bonds. The van der Waals surface area contributed by atoms with Crippen LogP contribution in [0.5, 0.6) is 0 Å². The van der Waals surface area contributed by atoms with Crippen molar-refractivity contribution in [1.29, 1.82) is 0 Å². The van der Waals surface area contributed by atoms with E-state index in [9.17, 15) is 19.5 Å². The van der Waals surface area contributed by atoms with Crippen molar-refractivity contribution in [2.45, 2.75) is 32.8 Å². The van der Waals surface area contributed by atoms with Crippen LogP contribution in [-0.4, -0.2) is 65.0 Å². The first-order valence-electron chi connectivity index (χ1n) is 6.81. The molecule has 2 aliphatic heterocycles. The Morgan fingerprint density at radius 1 is 1.45 bits per heavy atom. The number of nitrogens with zero attached hydrogens (tertiary/aromatic N) is 2. The predicted molar refractivity (Wildman–Crippen MR) is 70.7 cm³/mol. The quantitative estimate of drug-likeness (QED) is 0.672. The summed E-state index contributed by atoms with van der Waals surface area (Å²) in [5, 5.41) is 12.0. The number of imide groups is 1. The molecule has 0 aromatic heterocycles. The smallest absolute Gasteiger partial charge is 0.325 e. The standard InChI is InChI=1S/C13H21N3O4/c1-13(2)5-9(17)3-4-15(8-13)11(19)7-16-6-10(18)14-12(16)20/h9,17H,3-8H2,1-2H3,(H,14,18,20)/t9-/m0/s1. The minimum atomic E-state index is -0.516. The van der Waals surface area contributed by atoms with Crippen LogP contribution in [0.25, 0.3) is 0 Å². The molecule has 2 aliphatic rings. The van der Waals surface area contributed by atoms with Crippen molar-refractivity contribution in [3.05, 3.63) is 0 Å². The summed E-state index contributed by atoms with van der Waals surface area (Å²) in [4.78, 5) is 37.7. The summed E-state index contributed by atoms with van der Waals surface area (Å²) in [5.74, 6) is -0.563. The van der Waals surface area contributed by atoms with Crippen LogP contribution in [0.2, 0.25) is 0 Å². The summed E-state index contributed by atoms with van der Waals surface area (Å²) in [5.41, 5.74) is -0.158. The largest absolute Gasteiger partial charge is 0.393 e. The molecule has 2 saturated heterocycles. The third-order valence-electron chi connectivity index (χ3n) is 3.69. The van der Waals surface area contributed by atoms with Crippen molar-refractivity contribution < 1.29 is 19.5 Å². The van der Waals surface area contributed by atoms with Gasteiger partial charge in [0.1, 0.15) is 13.1 Å². The lowest BCUT2D eigenvalue weighted by molar-refractivity contribution is -0.132. The van der Waals surface area contributed by atoms with E-state index in [4.69, 9.17) is 0 Å². The van der Waals surface area contributed by atoms with E-state index >= 15 is 0 Å². The zero-order valence-electron chi connectivity index (χ0n) is 11.9. The van der Waals surface area contributed by atoms with E-state index in [0.29, 0.717) is 25.9 Å². The number of rotatable bonds is 2. The number of aliphatic hydroxyl groups excluding tert-OH is 1. The number of aliphatic hydroxyl groups is 1. The van der Waals surface area contributed by atoms with Crippen LogP contribution in [-0.2, 0) is 9.59 Å². The maximum Gasteiger partial charge on any atom is 0.325 e. The van der Waals surface area contributed by atoms with Gasteiger partial charge in [0.25, 0.3) is 0 Å². The molecule has 0 saturated carbocycles. The average molecular weight is 283 g/mol. The van der Waals surface area contributed by atoms with Gasteiger partial charge < -0.3 is 14.9 Å². The van der Waals surface area contributed by atoms with Gasteiger partial charge in [-0.05, 0) is 18.3 Å². The summed E-state index contributed by atoms with van der Waals surface area (Å²) >= 11 is 0. The van der Waals surface area contributed by atoms with Gasteiger partial charge in [0, 0.05) is 13.1 Å². The van der Waals surface area contributed by atoms with Gasteiger partial charge in [-0.15, -0.1) is 0 Å². The van der Waals surface area contributed by atoms with Crippen molar-refractivity contribution in [3.63, 3.8) is 0 Å². The van der Waals surface area contributed by atoms with Gasteiger partial charge in [-0.25, -0.2) is 4.79 Å². The van der Waals surface area contributed by atoms with Crippen molar-refractivity contribution in [2.24, 2.45) is 5.41 Å². The summed E-state index contributed by atoms with van der Waals surface area (Å²) in [6.45, 7) is 4.88. The van der Waals surface area contributed by atoms with Crippen LogP contribution in [0.15, 0.2) is 0 Å². The SMILES string of the molecule is CC1(C)C[C@@H](O)CCN(C(=O)CN2CC(=O)NC2=O)C1. The summed E-state index contributed by atoms with van der Waals surface area (Å²) in [6.07, 6.45) is 0.791. The van der Waals surface area contributed by atoms with Gasteiger partial charge in [-0.3, -0.25) is 14.9 Å². The van der Waals surface area contributed by atoms with Crippen LogP contribution in [0.3, 0.4) is 0 Å². The number of hydrogen-bond acceptors (Lipinski definition) is 4. The molecule has 2 N–H and O–H groups in total. The first kappa shape index (κ1) is 14.8. The fourth-order valence-electron chi connectivity index (χ4n) is 2.79. The Bertz CT molecular complexity index is 435. The molecule has 1 atom stereocenters. The molecule has 7 heteroatoms. The van der Waals surface area contributed by atoms with Crippen LogP contribution in [0.4, 0.5) is 4.79 Å². The number of likely N-dealkylation sites (tertiary alicyclic amines) is 1. The molecule has 0 bridgehead atoms. The first-order valence-corrected chi connectivity index (χ1v) is 6.81. The second kappa shape index (κ2) is 5.40. The molecular weight excluding hydrogens is 262 g/mol. The minimum Gasteiger partial charge on any atom is -0.393 e. The van der Waals surface area contributed by atoms with Crippen molar-refractivity contribution >= 4 is 17.8 Å². The van der Waals surface area contributed by atoms with Gasteiger partial charge in [0.2, 0.25) is 11.8 Å².